The number of nitrogens with zero attached hydrogens (tertiary/aromatic N) is 1. The second kappa shape index (κ2) is 7.97. The molecule has 5 nitrogen and oxygen atoms in total. The Hall–Kier alpha value is -2.93. The van der Waals surface area contributed by atoms with Crippen molar-refractivity contribution in [3.63, 3.8) is 0 Å². The largest absolute Gasteiger partial charge is 0.497 e. The van der Waals surface area contributed by atoms with Crippen molar-refractivity contribution in [3.05, 3.63) is 59.4 Å². The number of thiazole rings is 1. The van der Waals surface area contributed by atoms with E-state index in [0.717, 1.165) is 0 Å². The number of hydrogen-bond acceptors (Lipinski definition) is 5. The van der Waals surface area contributed by atoms with Gasteiger partial charge in [-0.2, -0.15) is 0 Å². The van der Waals surface area contributed by atoms with E-state index in [1.165, 1.54) is 30.6 Å². The molecule has 0 aliphatic rings. The normalized spacial score (nSPS) is 10.4. The molecule has 1 aromatic heterocycles. The van der Waals surface area contributed by atoms with Crippen molar-refractivity contribution in [2.45, 2.75) is 6.42 Å². The Morgan fingerprint density at radius 1 is 1.19 bits per heavy atom. The standard InChI is InChI=1S/C19H17FN2O3S/c1-24-15-6-7-17(25-2)16(10-15)22-18(23)9-14-11-26-19(21-14)12-4-3-5-13(20)8-12/h3-8,10-11H,9H2,1-2H3,(H,22,23). The van der Waals surface area contributed by atoms with Gasteiger partial charge in [0.25, 0.3) is 0 Å². The highest BCUT2D eigenvalue weighted by atomic mass is 32.1. The first-order chi connectivity index (χ1) is 12.6. The number of halogens is 1. The maximum atomic E-state index is 13.3. The maximum Gasteiger partial charge on any atom is 0.230 e. The molecule has 0 atom stereocenters. The smallest absolute Gasteiger partial charge is 0.230 e. The van der Waals surface area contributed by atoms with Crippen LogP contribution in [0, 0.1) is 5.82 Å². The zero-order valence-electron chi connectivity index (χ0n) is 14.3. The van der Waals surface area contributed by atoms with Gasteiger partial charge in [0.05, 0.1) is 32.0 Å². The molecule has 0 bridgehead atoms. The fourth-order valence-corrected chi connectivity index (χ4v) is 3.23. The quantitative estimate of drug-likeness (QED) is 0.706. The van der Waals surface area contributed by atoms with Crippen LogP contribution in [0.5, 0.6) is 11.5 Å². The lowest BCUT2D eigenvalue weighted by Crippen LogP contribution is -2.15. The zero-order valence-corrected chi connectivity index (χ0v) is 15.1. The van der Waals surface area contributed by atoms with E-state index in [2.05, 4.69) is 10.3 Å². The van der Waals surface area contributed by atoms with Crippen LogP contribution in [0.3, 0.4) is 0 Å². The summed E-state index contributed by atoms with van der Waals surface area (Å²) in [6.07, 6.45) is 0.103. The Labute approximate surface area is 154 Å². The van der Waals surface area contributed by atoms with Crippen LogP contribution in [0.15, 0.2) is 47.8 Å². The number of amides is 1. The minimum atomic E-state index is -0.317. The van der Waals surface area contributed by atoms with Crippen molar-refractivity contribution in [3.8, 4) is 22.1 Å². The number of nitrogens with one attached hydrogen (secondary N) is 1. The molecule has 0 unspecified atom stereocenters. The molecule has 1 amide bonds. The molecule has 0 fully saturated rings. The van der Waals surface area contributed by atoms with Crippen molar-refractivity contribution >= 4 is 22.9 Å². The SMILES string of the molecule is COc1ccc(OC)c(NC(=O)Cc2csc(-c3cccc(F)c3)n2)c1. The number of hydrogen-bond donors (Lipinski definition) is 1. The summed E-state index contributed by atoms with van der Waals surface area (Å²) < 4.78 is 23.8. The van der Waals surface area contributed by atoms with Crippen LogP contribution in [-0.4, -0.2) is 25.1 Å². The van der Waals surface area contributed by atoms with Crippen molar-refractivity contribution in [2.24, 2.45) is 0 Å². The van der Waals surface area contributed by atoms with E-state index in [1.807, 2.05) is 0 Å². The second-order valence-electron chi connectivity index (χ2n) is 5.45. The molecule has 0 aliphatic carbocycles. The van der Waals surface area contributed by atoms with Gasteiger partial charge < -0.3 is 14.8 Å². The number of aromatic nitrogens is 1. The lowest BCUT2D eigenvalue weighted by Gasteiger charge is -2.11. The van der Waals surface area contributed by atoms with Crippen molar-refractivity contribution in [1.82, 2.24) is 4.98 Å². The first kappa shape index (κ1) is 17.9. The Morgan fingerprint density at radius 3 is 2.77 bits per heavy atom. The van der Waals surface area contributed by atoms with Gasteiger partial charge in [0.15, 0.2) is 0 Å². The van der Waals surface area contributed by atoms with Crippen molar-refractivity contribution in [2.75, 3.05) is 19.5 Å². The lowest BCUT2D eigenvalue weighted by molar-refractivity contribution is -0.115. The summed E-state index contributed by atoms with van der Waals surface area (Å²) in [7, 11) is 3.08. The third kappa shape index (κ3) is 4.18. The van der Waals surface area contributed by atoms with Gasteiger partial charge in [-0.15, -0.1) is 11.3 Å². The molecule has 2 aromatic carbocycles. The van der Waals surface area contributed by atoms with E-state index in [4.69, 9.17) is 9.47 Å². The number of rotatable bonds is 6. The van der Waals surface area contributed by atoms with Crippen molar-refractivity contribution in [1.29, 1.82) is 0 Å². The molecule has 0 saturated carbocycles. The van der Waals surface area contributed by atoms with Gasteiger partial charge in [-0.3, -0.25) is 4.79 Å². The van der Waals surface area contributed by atoms with Crippen LogP contribution in [0.25, 0.3) is 10.6 Å². The van der Waals surface area contributed by atoms with Gasteiger partial charge in [0.2, 0.25) is 5.91 Å². The average molecular weight is 372 g/mol. The van der Waals surface area contributed by atoms with Gasteiger partial charge >= 0.3 is 0 Å². The highest BCUT2D eigenvalue weighted by molar-refractivity contribution is 7.13. The zero-order chi connectivity index (χ0) is 18.5. The van der Waals surface area contributed by atoms with E-state index >= 15 is 0 Å². The van der Waals surface area contributed by atoms with Gasteiger partial charge in [0.1, 0.15) is 22.3 Å². The maximum absolute atomic E-state index is 13.3. The number of ether oxygens (including phenoxy) is 2. The van der Waals surface area contributed by atoms with Gasteiger partial charge in [-0.1, -0.05) is 12.1 Å². The number of anilines is 1. The molecule has 3 rings (SSSR count). The summed E-state index contributed by atoms with van der Waals surface area (Å²) in [4.78, 5) is 16.8. The minimum Gasteiger partial charge on any atom is -0.497 e. The minimum absolute atomic E-state index is 0.103. The molecule has 1 heterocycles. The van der Waals surface area contributed by atoms with E-state index in [1.54, 1.807) is 42.8 Å². The highest BCUT2D eigenvalue weighted by Crippen LogP contribution is 2.29. The van der Waals surface area contributed by atoms with Crippen molar-refractivity contribution < 1.29 is 18.7 Å². The summed E-state index contributed by atoms with van der Waals surface area (Å²) in [5.74, 6) is 0.607. The molecule has 3 aromatic rings. The first-order valence-corrected chi connectivity index (χ1v) is 8.69. The summed E-state index contributed by atoms with van der Waals surface area (Å²) in [5, 5.41) is 5.27. The molecular weight excluding hydrogens is 355 g/mol. The van der Waals surface area contributed by atoms with Crippen LogP contribution in [0.4, 0.5) is 10.1 Å². The molecular formula is C19H17FN2O3S. The third-order valence-electron chi connectivity index (χ3n) is 3.65. The lowest BCUT2D eigenvalue weighted by atomic mass is 10.2. The number of methoxy groups -OCH3 is 2. The number of carbonyl (C=O) groups excluding carboxylic acids is 1. The van der Waals surface area contributed by atoms with Gasteiger partial charge in [-0.05, 0) is 24.3 Å². The summed E-state index contributed by atoms with van der Waals surface area (Å²) >= 11 is 1.37. The highest BCUT2D eigenvalue weighted by Gasteiger charge is 2.12. The second-order valence-corrected chi connectivity index (χ2v) is 6.30. The molecule has 0 saturated heterocycles. The molecule has 1 N–H and O–H groups in total. The molecule has 0 aliphatic heterocycles. The summed E-state index contributed by atoms with van der Waals surface area (Å²) in [6.45, 7) is 0. The van der Waals surface area contributed by atoms with Gasteiger partial charge in [0, 0.05) is 17.0 Å². The molecule has 26 heavy (non-hydrogen) atoms. The third-order valence-corrected chi connectivity index (χ3v) is 4.59. The number of carbonyl (C=O) groups is 1. The Kier molecular flexibility index (Phi) is 5.48. The van der Waals surface area contributed by atoms with Crippen LogP contribution in [0.1, 0.15) is 5.69 Å². The monoisotopic (exact) mass is 372 g/mol. The Balaban J connectivity index is 1.71. The fourth-order valence-electron chi connectivity index (χ4n) is 2.41. The van der Waals surface area contributed by atoms with Gasteiger partial charge in [-0.25, -0.2) is 9.37 Å². The molecule has 0 radical (unpaired) electrons. The average Bonchev–Trinajstić information content (AvgIpc) is 3.10. The van der Waals surface area contributed by atoms with E-state index < -0.39 is 0 Å². The van der Waals surface area contributed by atoms with Crippen LogP contribution < -0.4 is 14.8 Å². The first-order valence-electron chi connectivity index (χ1n) is 7.81. The van der Waals surface area contributed by atoms with E-state index in [0.29, 0.717) is 33.5 Å². The van der Waals surface area contributed by atoms with Crippen LogP contribution in [-0.2, 0) is 11.2 Å². The molecule has 7 heteroatoms. The van der Waals surface area contributed by atoms with Crippen LogP contribution in [0.2, 0.25) is 0 Å². The predicted molar refractivity (Wildman–Crippen MR) is 99.4 cm³/mol. The topological polar surface area (TPSA) is 60.5 Å². The Bertz CT molecular complexity index is 927. The van der Waals surface area contributed by atoms with E-state index in [-0.39, 0.29) is 18.1 Å². The number of benzene rings is 2. The fraction of sp³-hybridized carbons (Fsp3) is 0.158. The van der Waals surface area contributed by atoms with Crippen LogP contribution >= 0.6 is 11.3 Å². The molecule has 0 spiro atoms. The summed E-state index contributed by atoms with van der Waals surface area (Å²) in [6, 6.07) is 11.4. The predicted octanol–water partition coefficient (Wildman–Crippen LogP) is 4.15. The molecule has 134 valence electrons. The summed E-state index contributed by atoms with van der Waals surface area (Å²) in [5.41, 5.74) is 1.84. The Morgan fingerprint density at radius 2 is 2.04 bits per heavy atom. The van der Waals surface area contributed by atoms with E-state index in [9.17, 15) is 9.18 Å².